The predicted octanol–water partition coefficient (Wildman–Crippen LogP) is 6.45. The molecule has 0 N–H and O–H groups in total. The molecule has 188 valence electrons. The molecule has 0 saturated carbocycles. The Morgan fingerprint density at radius 2 is 1.06 bits per heavy atom. The maximum atomic E-state index is 4.57. The molecule has 0 spiro atoms. The highest BCUT2D eigenvalue weighted by Crippen LogP contribution is 2.24. The van der Waals surface area contributed by atoms with Crippen LogP contribution in [0.1, 0.15) is 50.7 Å². The first-order valence-electron chi connectivity index (χ1n) is 13.0. The molecule has 2 aromatic rings. The molecular weight excluding hydrogens is 436 g/mol. The number of nitrogens with zero attached hydrogens (tertiary/aromatic N) is 8. The highest BCUT2D eigenvalue weighted by molar-refractivity contribution is 5.38. The lowest BCUT2D eigenvalue weighted by molar-refractivity contribution is -0.0546. The number of aryl methyl sites for hydroxylation is 2. The Labute approximate surface area is 210 Å². The van der Waals surface area contributed by atoms with E-state index in [-0.39, 0.29) is 0 Å². The number of hydrogen-bond acceptors (Lipinski definition) is 6. The summed E-state index contributed by atoms with van der Waals surface area (Å²) in [6, 6.07) is 17.5. The van der Waals surface area contributed by atoms with Crippen LogP contribution < -0.4 is 0 Å². The molecule has 2 unspecified atom stereocenters. The first-order chi connectivity index (χ1) is 17.0. The van der Waals surface area contributed by atoms with Crippen LogP contribution in [0, 0.1) is 13.8 Å². The maximum absolute atomic E-state index is 4.57. The van der Waals surface area contributed by atoms with Gasteiger partial charge in [0.1, 0.15) is 0 Å². The molecule has 2 aliphatic rings. The second kappa shape index (κ2) is 12.2. The van der Waals surface area contributed by atoms with E-state index in [1.54, 1.807) is 0 Å². The average Bonchev–Trinajstić information content (AvgIpc) is 2.88. The summed E-state index contributed by atoms with van der Waals surface area (Å²) >= 11 is 0. The van der Waals surface area contributed by atoms with Gasteiger partial charge in [-0.3, -0.25) is 19.8 Å². The highest BCUT2D eigenvalue weighted by Gasteiger charge is 2.31. The van der Waals surface area contributed by atoms with Gasteiger partial charge in [-0.15, -0.1) is 10.2 Å². The van der Waals surface area contributed by atoms with Crippen molar-refractivity contribution in [3.8, 4) is 0 Å². The minimum absolute atomic E-state index is 0.558. The zero-order valence-corrected chi connectivity index (χ0v) is 21.7. The fraction of sp³-hybridized carbons (Fsp3) is 0.556. The fourth-order valence-electron chi connectivity index (χ4n) is 4.83. The Bertz CT molecular complexity index is 892. The minimum atomic E-state index is 0.558. The SMILES string of the molecule is CCC1CCN(N=Nc2ccc(C)cc2)CN1CN1CN(N=Nc2ccc(C)cc2)CCC1CC. The molecular formula is C27H40N8. The van der Waals surface area contributed by atoms with E-state index in [4.69, 9.17) is 0 Å². The molecule has 0 aliphatic carbocycles. The zero-order valence-electron chi connectivity index (χ0n) is 21.7. The Morgan fingerprint density at radius 1 is 0.657 bits per heavy atom. The van der Waals surface area contributed by atoms with E-state index in [1.807, 2.05) is 24.3 Å². The Hall–Kier alpha value is -2.84. The third-order valence-electron chi connectivity index (χ3n) is 7.11. The van der Waals surface area contributed by atoms with Crippen LogP contribution in [0.3, 0.4) is 0 Å². The molecule has 2 heterocycles. The summed E-state index contributed by atoms with van der Waals surface area (Å²) < 4.78 is 0. The van der Waals surface area contributed by atoms with Crippen LogP contribution in [0.25, 0.3) is 0 Å². The summed E-state index contributed by atoms with van der Waals surface area (Å²) in [5.41, 5.74) is 4.27. The molecule has 0 radical (unpaired) electrons. The third kappa shape index (κ3) is 7.08. The van der Waals surface area contributed by atoms with Crippen molar-refractivity contribution >= 4 is 11.4 Å². The first-order valence-corrected chi connectivity index (χ1v) is 13.0. The Balaban J connectivity index is 1.39. The fourth-order valence-corrected chi connectivity index (χ4v) is 4.83. The van der Waals surface area contributed by atoms with Crippen LogP contribution in [0.15, 0.2) is 69.2 Å². The third-order valence-corrected chi connectivity index (χ3v) is 7.11. The topological polar surface area (TPSA) is 62.4 Å². The van der Waals surface area contributed by atoms with Gasteiger partial charge in [-0.25, -0.2) is 0 Å². The van der Waals surface area contributed by atoms with Gasteiger partial charge in [0, 0.05) is 25.2 Å². The Kier molecular flexibility index (Phi) is 8.82. The minimum Gasteiger partial charge on any atom is -0.268 e. The van der Waals surface area contributed by atoms with Crippen LogP contribution in [0.5, 0.6) is 0 Å². The summed E-state index contributed by atoms with van der Waals surface area (Å²) in [7, 11) is 0. The smallest absolute Gasteiger partial charge is 0.0909 e. The van der Waals surface area contributed by atoms with E-state index in [2.05, 4.69) is 92.5 Å². The molecule has 2 fully saturated rings. The van der Waals surface area contributed by atoms with Gasteiger partial charge in [0.15, 0.2) is 0 Å². The van der Waals surface area contributed by atoms with Gasteiger partial charge in [0.25, 0.3) is 0 Å². The molecule has 2 aromatic carbocycles. The normalized spacial score (nSPS) is 22.5. The van der Waals surface area contributed by atoms with Crippen molar-refractivity contribution < 1.29 is 0 Å². The number of rotatable bonds is 8. The largest absolute Gasteiger partial charge is 0.268 e. The van der Waals surface area contributed by atoms with E-state index >= 15 is 0 Å². The molecule has 35 heavy (non-hydrogen) atoms. The monoisotopic (exact) mass is 476 g/mol. The van der Waals surface area contributed by atoms with Crippen molar-refractivity contribution in [3.63, 3.8) is 0 Å². The van der Waals surface area contributed by atoms with Gasteiger partial charge in [-0.05, 0) is 63.8 Å². The average molecular weight is 477 g/mol. The second-order valence-corrected chi connectivity index (χ2v) is 9.81. The molecule has 4 rings (SSSR count). The summed E-state index contributed by atoms with van der Waals surface area (Å²) in [5, 5.41) is 22.3. The molecule has 0 bridgehead atoms. The molecule has 0 amide bonds. The van der Waals surface area contributed by atoms with Crippen molar-refractivity contribution in [2.75, 3.05) is 33.1 Å². The van der Waals surface area contributed by atoms with Crippen LogP contribution in [-0.2, 0) is 0 Å². The van der Waals surface area contributed by atoms with Gasteiger partial charge in [-0.1, -0.05) is 59.7 Å². The predicted molar refractivity (Wildman–Crippen MR) is 140 cm³/mol. The van der Waals surface area contributed by atoms with E-state index in [0.717, 1.165) is 70.2 Å². The van der Waals surface area contributed by atoms with E-state index in [9.17, 15) is 0 Å². The van der Waals surface area contributed by atoms with E-state index in [1.165, 1.54) is 11.1 Å². The van der Waals surface area contributed by atoms with Crippen molar-refractivity contribution in [2.45, 2.75) is 65.5 Å². The molecule has 2 saturated heterocycles. The van der Waals surface area contributed by atoms with Crippen molar-refractivity contribution in [1.82, 2.24) is 19.8 Å². The van der Waals surface area contributed by atoms with Crippen molar-refractivity contribution in [2.24, 2.45) is 20.7 Å². The number of hydrogen-bond donors (Lipinski definition) is 0. The maximum Gasteiger partial charge on any atom is 0.0909 e. The summed E-state index contributed by atoms with van der Waals surface area (Å²) in [4.78, 5) is 5.11. The van der Waals surface area contributed by atoms with Crippen molar-refractivity contribution in [3.05, 3.63) is 59.7 Å². The molecule has 8 nitrogen and oxygen atoms in total. The quantitative estimate of drug-likeness (QED) is 0.411. The lowest BCUT2D eigenvalue weighted by Crippen LogP contribution is -2.57. The van der Waals surface area contributed by atoms with Gasteiger partial charge in [-0.2, -0.15) is 0 Å². The molecule has 2 atom stereocenters. The standard InChI is InChI=1S/C27H40N8/c1-5-26-15-17-34(30-28-24-11-7-22(3)8-12-24)20-32(26)19-33-21-35(18-16-27(33)6-2)31-29-25-13-9-23(4)10-14-25/h7-14,26-27H,5-6,15-21H2,1-4H3. The number of benzene rings is 2. The van der Waals surface area contributed by atoms with Crippen LogP contribution in [0.4, 0.5) is 11.4 Å². The van der Waals surface area contributed by atoms with Crippen LogP contribution in [0.2, 0.25) is 0 Å². The summed E-state index contributed by atoms with van der Waals surface area (Å²) in [6.07, 6.45) is 4.49. The lowest BCUT2D eigenvalue weighted by Gasteiger charge is -2.46. The van der Waals surface area contributed by atoms with Crippen LogP contribution in [-0.4, -0.2) is 65.0 Å². The van der Waals surface area contributed by atoms with Gasteiger partial charge < -0.3 is 0 Å². The molecule has 0 aromatic heterocycles. The lowest BCUT2D eigenvalue weighted by atomic mass is 10.1. The van der Waals surface area contributed by atoms with Crippen LogP contribution >= 0.6 is 0 Å². The summed E-state index contributed by atoms with van der Waals surface area (Å²) in [5.74, 6) is 0. The van der Waals surface area contributed by atoms with Gasteiger partial charge in [0.2, 0.25) is 0 Å². The molecule has 8 heteroatoms. The Morgan fingerprint density at radius 3 is 1.43 bits per heavy atom. The van der Waals surface area contributed by atoms with Gasteiger partial charge in [0.05, 0.1) is 31.4 Å². The van der Waals surface area contributed by atoms with Crippen molar-refractivity contribution in [1.29, 1.82) is 0 Å². The molecule has 2 aliphatic heterocycles. The van der Waals surface area contributed by atoms with E-state index < -0.39 is 0 Å². The summed E-state index contributed by atoms with van der Waals surface area (Å²) in [6.45, 7) is 13.1. The van der Waals surface area contributed by atoms with E-state index in [0.29, 0.717) is 12.1 Å². The first kappa shape index (κ1) is 25.3. The zero-order chi connectivity index (χ0) is 24.6. The highest BCUT2D eigenvalue weighted by atomic mass is 15.6. The van der Waals surface area contributed by atoms with Gasteiger partial charge >= 0.3 is 0 Å². The second-order valence-electron chi connectivity index (χ2n) is 9.81.